The lowest BCUT2D eigenvalue weighted by molar-refractivity contribution is -0.116. The number of carbonyl (C=O) groups excluding carboxylic acids is 1. The van der Waals surface area contributed by atoms with Gasteiger partial charge in [-0.1, -0.05) is 29.3 Å². The molecule has 2 N–H and O–H groups in total. The lowest BCUT2D eigenvalue weighted by Gasteiger charge is -2.09. The minimum Gasteiger partial charge on any atom is -0.477 e. The molecule has 28 heavy (non-hydrogen) atoms. The second-order valence-corrected chi connectivity index (χ2v) is 6.99. The molecule has 3 aromatic rings. The maximum Gasteiger partial charge on any atom is 0.354 e. The highest BCUT2D eigenvalue weighted by molar-refractivity contribution is 6.42. The number of carbonyl (C=O) groups is 2. The van der Waals surface area contributed by atoms with Crippen molar-refractivity contribution in [2.45, 2.75) is 26.9 Å². The maximum atomic E-state index is 12.4. The molecule has 0 bridgehead atoms. The number of nitrogens with one attached hydrogen (secondary N) is 1. The first-order valence-electron chi connectivity index (χ1n) is 8.29. The zero-order valence-electron chi connectivity index (χ0n) is 15.1. The minimum absolute atomic E-state index is 0.0566. The van der Waals surface area contributed by atoms with Crippen LogP contribution in [0.3, 0.4) is 0 Å². The molecule has 8 nitrogen and oxygen atoms in total. The van der Waals surface area contributed by atoms with E-state index in [-0.39, 0.29) is 12.2 Å². The van der Waals surface area contributed by atoms with E-state index in [4.69, 9.17) is 28.3 Å². The smallest absolute Gasteiger partial charge is 0.354 e. The number of benzene rings is 1. The van der Waals surface area contributed by atoms with Crippen LogP contribution in [0.4, 0.5) is 5.69 Å². The first-order chi connectivity index (χ1) is 13.3. The number of carboxylic acids is 1. The van der Waals surface area contributed by atoms with Crippen LogP contribution in [0, 0.1) is 13.8 Å². The molecule has 0 aliphatic rings. The van der Waals surface area contributed by atoms with E-state index in [0.29, 0.717) is 28.0 Å². The number of aryl methyl sites for hydroxylation is 1. The Morgan fingerprint density at radius 2 is 1.89 bits per heavy atom. The Kier molecular flexibility index (Phi) is 5.71. The summed E-state index contributed by atoms with van der Waals surface area (Å²) in [6.07, 6.45) is 1.34. The zero-order valence-corrected chi connectivity index (χ0v) is 16.6. The number of aromatic nitrogens is 4. The second kappa shape index (κ2) is 8.04. The lowest BCUT2D eigenvalue weighted by atomic mass is 10.2. The van der Waals surface area contributed by atoms with Gasteiger partial charge in [-0.15, -0.1) is 0 Å². The van der Waals surface area contributed by atoms with Crippen molar-refractivity contribution in [1.82, 2.24) is 19.6 Å². The fraction of sp³-hybridized carbons (Fsp3) is 0.222. The second-order valence-electron chi connectivity index (χ2n) is 6.18. The topological polar surface area (TPSA) is 102 Å². The van der Waals surface area contributed by atoms with Crippen molar-refractivity contribution in [1.29, 1.82) is 0 Å². The third-order valence-electron chi connectivity index (χ3n) is 4.19. The maximum absolute atomic E-state index is 12.4. The molecule has 0 saturated carbocycles. The fourth-order valence-electron chi connectivity index (χ4n) is 2.80. The summed E-state index contributed by atoms with van der Waals surface area (Å²) in [5, 5.41) is 21.2. The van der Waals surface area contributed by atoms with Crippen molar-refractivity contribution in [3.05, 3.63) is 63.2 Å². The molecule has 0 spiro atoms. The van der Waals surface area contributed by atoms with Crippen molar-refractivity contribution in [2.75, 3.05) is 5.32 Å². The monoisotopic (exact) mass is 421 g/mol. The molecule has 1 amide bonds. The molecule has 0 fully saturated rings. The number of anilines is 1. The van der Waals surface area contributed by atoms with E-state index in [1.807, 2.05) is 13.0 Å². The van der Waals surface area contributed by atoms with Gasteiger partial charge in [-0.2, -0.15) is 10.2 Å². The molecule has 0 atom stereocenters. The van der Waals surface area contributed by atoms with E-state index in [2.05, 4.69) is 15.5 Å². The summed E-state index contributed by atoms with van der Waals surface area (Å²) in [6.45, 7) is 3.86. The van der Waals surface area contributed by atoms with Crippen LogP contribution in [-0.2, 0) is 17.9 Å². The van der Waals surface area contributed by atoms with E-state index >= 15 is 0 Å². The van der Waals surface area contributed by atoms with E-state index in [1.54, 1.807) is 23.7 Å². The highest BCUT2D eigenvalue weighted by Gasteiger charge is 2.17. The standard InChI is InChI=1S/C18H17Cl2N5O3/c1-10-17(22-16(26)9-25-15(18(27)28)5-6-21-25)11(2)24(23-10)8-12-3-4-13(19)14(20)7-12/h3-7H,8-9H2,1-2H3,(H,22,26)(H,27,28). The quantitative estimate of drug-likeness (QED) is 0.634. The Hall–Kier alpha value is -2.84. The van der Waals surface area contributed by atoms with Crippen LogP contribution < -0.4 is 5.32 Å². The van der Waals surface area contributed by atoms with Gasteiger partial charge in [0.2, 0.25) is 5.91 Å². The molecule has 2 aromatic heterocycles. The van der Waals surface area contributed by atoms with Crippen molar-refractivity contribution < 1.29 is 14.7 Å². The van der Waals surface area contributed by atoms with Crippen LogP contribution in [0.25, 0.3) is 0 Å². The Morgan fingerprint density at radius 1 is 1.14 bits per heavy atom. The molecule has 0 aliphatic carbocycles. The molecule has 1 aromatic carbocycles. The van der Waals surface area contributed by atoms with Crippen molar-refractivity contribution >= 4 is 40.8 Å². The number of rotatable bonds is 6. The molecular weight excluding hydrogens is 405 g/mol. The van der Waals surface area contributed by atoms with Crippen LogP contribution in [0.1, 0.15) is 27.4 Å². The summed E-state index contributed by atoms with van der Waals surface area (Å²) < 4.78 is 2.88. The average Bonchev–Trinajstić information content (AvgIpc) is 3.18. The van der Waals surface area contributed by atoms with Crippen molar-refractivity contribution in [3.8, 4) is 0 Å². The highest BCUT2D eigenvalue weighted by atomic mass is 35.5. The van der Waals surface area contributed by atoms with Crippen LogP contribution in [0.2, 0.25) is 10.0 Å². The van der Waals surface area contributed by atoms with E-state index in [1.165, 1.54) is 12.3 Å². The minimum atomic E-state index is -1.15. The first-order valence-corrected chi connectivity index (χ1v) is 9.04. The van der Waals surface area contributed by atoms with E-state index < -0.39 is 11.9 Å². The number of aromatic carboxylic acids is 1. The molecule has 0 saturated heterocycles. The van der Waals surface area contributed by atoms with Gasteiger partial charge in [0.15, 0.2) is 0 Å². The van der Waals surface area contributed by atoms with Gasteiger partial charge in [0.25, 0.3) is 0 Å². The van der Waals surface area contributed by atoms with Gasteiger partial charge in [-0.3, -0.25) is 9.48 Å². The summed E-state index contributed by atoms with van der Waals surface area (Å²) in [4.78, 5) is 23.5. The zero-order chi connectivity index (χ0) is 20.4. The normalized spacial score (nSPS) is 10.9. The summed E-state index contributed by atoms with van der Waals surface area (Å²) in [6, 6.07) is 6.68. The number of halogens is 2. The number of hydrogen-bond acceptors (Lipinski definition) is 4. The van der Waals surface area contributed by atoms with Crippen LogP contribution >= 0.6 is 23.2 Å². The third-order valence-corrected chi connectivity index (χ3v) is 4.93. The molecule has 0 unspecified atom stereocenters. The molecule has 2 heterocycles. The predicted molar refractivity (Wildman–Crippen MR) is 105 cm³/mol. The molecule has 3 rings (SSSR count). The van der Waals surface area contributed by atoms with Crippen LogP contribution in [0.15, 0.2) is 30.5 Å². The lowest BCUT2D eigenvalue weighted by Crippen LogP contribution is -2.22. The van der Waals surface area contributed by atoms with Gasteiger partial charge in [0.05, 0.1) is 33.7 Å². The molecule has 10 heteroatoms. The Labute approximate surface area is 170 Å². The number of carboxylic acid groups (broad SMARTS) is 1. The van der Waals surface area contributed by atoms with Crippen LogP contribution in [-0.4, -0.2) is 36.5 Å². The molecule has 146 valence electrons. The SMILES string of the molecule is Cc1nn(Cc2ccc(Cl)c(Cl)c2)c(C)c1NC(=O)Cn1nccc1C(=O)O. The Morgan fingerprint density at radius 3 is 2.57 bits per heavy atom. The van der Waals surface area contributed by atoms with Gasteiger partial charge < -0.3 is 10.4 Å². The van der Waals surface area contributed by atoms with Gasteiger partial charge in [0, 0.05) is 6.20 Å². The molecular formula is C18H17Cl2N5O3. The van der Waals surface area contributed by atoms with Gasteiger partial charge >= 0.3 is 5.97 Å². The molecule has 0 radical (unpaired) electrons. The van der Waals surface area contributed by atoms with Crippen LogP contribution in [0.5, 0.6) is 0 Å². The highest BCUT2D eigenvalue weighted by Crippen LogP contribution is 2.25. The number of hydrogen-bond donors (Lipinski definition) is 2. The summed E-state index contributed by atoms with van der Waals surface area (Å²) in [5.41, 5.74) is 2.84. The first kappa shape index (κ1) is 19.9. The fourth-order valence-corrected chi connectivity index (χ4v) is 3.12. The van der Waals surface area contributed by atoms with Crippen molar-refractivity contribution in [2.24, 2.45) is 0 Å². The van der Waals surface area contributed by atoms with E-state index in [9.17, 15) is 9.59 Å². The van der Waals surface area contributed by atoms with Gasteiger partial charge in [-0.25, -0.2) is 9.48 Å². The number of amides is 1. The van der Waals surface area contributed by atoms with E-state index in [0.717, 1.165) is 15.9 Å². The predicted octanol–water partition coefficient (Wildman–Crippen LogP) is 3.39. The summed E-state index contributed by atoms with van der Waals surface area (Å²) in [7, 11) is 0. The Bertz CT molecular complexity index is 1060. The summed E-state index contributed by atoms with van der Waals surface area (Å²) >= 11 is 12.0. The van der Waals surface area contributed by atoms with Gasteiger partial charge in [-0.05, 0) is 37.6 Å². The third kappa shape index (κ3) is 4.18. The van der Waals surface area contributed by atoms with Gasteiger partial charge in [0.1, 0.15) is 12.2 Å². The number of nitrogens with zero attached hydrogens (tertiary/aromatic N) is 4. The summed E-state index contributed by atoms with van der Waals surface area (Å²) in [5.74, 6) is -1.54. The van der Waals surface area contributed by atoms with Crippen molar-refractivity contribution in [3.63, 3.8) is 0 Å². The molecule has 0 aliphatic heterocycles. The Balaban J connectivity index is 1.76. The average molecular weight is 422 g/mol. The largest absolute Gasteiger partial charge is 0.477 e.